The number of carbonyl (C=O) groups excluding carboxylic acids is 3. The summed E-state index contributed by atoms with van der Waals surface area (Å²) in [6.07, 6.45) is 4.12. The molecule has 0 spiro atoms. The van der Waals surface area contributed by atoms with Crippen LogP contribution in [0, 0.1) is 17.8 Å². The Morgan fingerprint density at radius 1 is 1.24 bits per heavy atom. The van der Waals surface area contributed by atoms with Gasteiger partial charge in [-0.3, -0.25) is 14.4 Å². The molecule has 25 heavy (non-hydrogen) atoms. The number of rotatable bonds is 4. The number of hydrogen-bond donors (Lipinski definition) is 1. The third-order valence-electron chi connectivity index (χ3n) is 5.67. The van der Waals surface area contributed by atoms with Crippen LogP contribution in [0.25, 0.3) is 0 Å². The van der Waals surface area contributed by atoms with Gasteiger partial charge in [0.05, 0.1) is 23.0 Å². The van der Waals surface area contributed by atoms with E-state index in [4.69, 9.17) is 4.74 Å². The lowest BCUT2D eigenvalue weighted by atomic mass is 9.67. The van der Waals surface area contributed by atoms with E-state index in [1.165, 1.54) is 0 Å². The van der Waals surface area contributed by atoms with Crippen molar-refractivity contribution in [1.82, 2.24) is 5.32 Å². The Kier molecular flexibility index (Phi) is 4.92. The molecular weight excluding hydrogens is 346 g/mol. The van der Waals surface area contributed by atoms with Gasteiger partial charge in [-0.2, -0.15) is 0 Å². The van der Waals surface area contributed by atoms with Crippen molar-refractivity contribution >= 4 is 27.5 Å². The topological polar surface area (TPSA) is 107 Å². The summed E-state index contributed by atoms with van der Waals surface area (Å²) in [4.78, 5) is 36.3. The van der Waals surface area contributed by atoms with E-state index in [2.05, 4.69) is 5.32 Å². The quantitative estimate of drug-likeness (QED) is 0.726. The molecular formula is C17H25NO6S. The maximum Gasteiger partial charge on any atom is 0.309 e. The third kappa shape index (κ3) is 4.22. The fourth-order valence-corrected chi connectivity index (χ4v) is 6.50. The van der Waals surface area contributed by atoms with Crippen molar-refractivity contribution in [2.24, 2.45) is 17.8 Å². The minimum Gasteiger partial charge on any atom is -0.455 e. The average molecular weight is 371 g/mol. The van der Waals surface area contributed by atoms with Crippen molar-refractivity contribution in [3.05, 3.63) is 0 Å². The van der Waals surface area contributed by atoms with E-state index in [1.54, 1.807) is 6.92 Å². The number of ketones is 1. The van der Waals surface area contributed by atoms with Gasteiger partial charge in [0.2, 0.25) is 0 Å². The second-order valence-electron chi connectivity index (χ2n) is 7.95. The molecule has 3 fully saturated rings. The smallest absolute Gasteiger partial charge is 0.309 e. The second-order valence-corrected chi connectivity index (χ2v) is 10.1. The third-order valence-corrected chi connectivity index (χ3v) is 7.57. The standard InChI is InChI=1S/C17H25NO6S/c1-17(5-6-25(22,23)10-17)18-14(19)9-24-16(21)13-7-11-3-2-4-12(8-13)15(11)20/h11-13H,2-10H2,1H3,(H,18,19)/t11-,12+,13?,17-/m0/s1. The number of carbonyl (C=O) groups is 3. The predicted molar refractivity (Wildman–Crippen MR) is 89.3 cm³/mol. The SMILES string of the molecule is C[C@]1(NC(=O)COC(=O)C2C[C@H]3CCC[C@@H](C2)C3=O)CCS(=O)(=O)C1. The van der Waals surface area contributed by atoms with E-state index >= 15 is 0 Å². The summed E-state index contributed by atoms with van der Waals surface area (Å²) in [5, 5.41) is 2.67. The highest BCUT2D eigenvalue weighted by atomic mass is 32.2. The summed E-state index contributed by atoms with van der Waals surface area (Å²) < 4.78 is 28.3. The van der Waals surface area contributed by atoms with E-state index in [-0.39, 0.29) is 35.0 Å². The van der Waals surface area contributed by atoms with Crippen molar-refractivity contribution in [2.75, 3.05) is 18.1 Å². The maximum atomic E-state index is 12.3. The molecule has 2 saturated carbocycles. The van der Waals surface area contributed by atoms with Crippen molar-refractivity contribution in [3.63, 3.8) is 0 Å². The highest BCUT2D eigenvalue weighted by Gasteiger charge is 2.42. The molecule has 2 aliphatic carbocycles. The maximum absolute atomic E-state index is 12.3. The molecule has 1 unspecified atom stereocenters. The van der Waals surface area contributed by atoms with Crippen molar-refractivity contribution < 1.29 is 27.5 Å². The zero-order valence-corrected chi connectivity index (χ0v) is 15.3. The molecule has 140 valence electrons. The Hall–Kier alpha value is -1.44. The minimum absolute atomic E-state index is 0.0403. The predicted octanol–water partition coefficient (Wildman–Crippen LogP) is 0.618. The number of hydrogen-bond acceptors (Lipinski definition) is 6. The van der Waals surface area contributed by atoms with Gasteiger partial charge in [-0.15, -0.1) is 0 Å². The second kappa shape index (κ2) is 6.70. The van der Waals surface area contributed by atoms with Crippen LogP contribution >= 0.6 is 0 Å². The summed E-state index contributed by atoms with van der Waals surface area (Å²) in [6.45, 7) is 1.28. The molecule has 1 aliphatic heterocycles. The van der Waals surface area contributed by atoms with Gasteiger partial charge >= 0.3 is 5.97 Å². The van der Waals surface area contributed by atoms with Gasteiger partial charge in [0, 0.05) is 11.8 Å². The summed E-state index contributed by atoms with van der Waals surface area (Å²) in [6, 6.07) is 0. The summed E-state index contributed by atoms with van der Waals surface area (Å²) >= 11 is 0. The molecule has 1 N–H and O–H groups in total. The molecule has 0 aromatic carbocycles. The molecule has 0 aromatic rings. The Balaban J connectivity index is 1.48. The minimum atomic E-state index is -3.12. The molecule has 3 rings (SSSR count). The molecule has 4 atom stereocenters. The normalized spacial score (nSPS) is 36.7. The van der Waals surface area contributed by atoms with Crippen LogP contribution in [0.5, 0.6) is 0 Å². The fourth-order valence-electron chi connectivity index (χ4n) is 4.41. The highest BCUT2D eigenvalue weighted by molar-refractivity contribution is 7.91. The monoisotopic (exact) mass is 371 g/mol. The van der Waals surface area contributed by atoms with E-state index in [0.29, 0.717) is 19.3 Å². The molecule has 2 bridgehead atoms. The molecule has 7 nitrogen and oxygen atoms in total. The van der Waals surface area contributed by atoms with Crippen LogP contribution in [0.4, 0.5) is 0 Å². The Bertz CT molecular complexity index is 671. The number of ether oxygens (including phenoxy) is 1. The lowest BCUT2D eigenvalue weighted by molar-refractivity contribution is -0.157. The van der Waals surface area contributed by atoms with Gasteiger partial charge in [-0.1, -0.05) is 6.42 Å². The first-order valence-corrected chi connectivity index (χ1v) is 10.7. The Labute approximate surface area is 147 Å². The van der Waals surface area contributed by atoms with E-state index < -0.39 is 33.9 Å². The zero-order valence-electron chi connectivity index (χ0n) is 14.5. The average Bonchev–Trinajstić information content (AvgIpc) is 2.77. The lowest BCUT2D eigenvalue weighted by Gasteiger charge is -2.36. The van der Waals surface area contributed by atoms with Crippen LogP contribution in [0.3, 0.4) is 0 Å². The van der Waals surface area contributed by atoms with Gasteiger partial charge in [-0.25, -0.2) is 8.42 Å². The van der Waals surface area contributed by atoms with Gasteiger partial charge in [0.1, 0.15) is 5.78 Å². The summed E-state index contributed by atoms with van der Waals surface area (Å²) in [7, 11) is -3.12. The molecule has 3 aliphatic rings. The molecule has 1 saturated heterocycles. The molecule has 0 aromatic heterocycles. The molecule has 0 radical (unpaired) electrons. The van der Waals surface area contributed by atoms with Crippen molar-refractivity contribution in [3.8, 4) is 0 Å². The molecule has 1 heterocycles. The number of nitrogens with one attached hydrogen (secondary N) is 1. The number of fused-ring (bicyclic) bond motifs is 2. The van der Waals surface area contributed by atoms with E-state index in [1.807, 2.05) is 0 Å². The molecule has 1 amide bonds. The largest absolute Gasteiger partial charge is 0.455 e. The van der Waals surface area contributed by atoms with Gasteiger partial charge in [-0.05, 0) is 39.0 Å². The van der Waals surface area contributed by atoms with Crippen LogP contribution in [-0.2, 0) is 29.0 Å². The number of Topliss-reactive ketones (excluding diaryl/α,β-unsaturated/α-hetero) is 1. The van der Waals surface area contributed by atoms with Crippen molar-refractivity contribution in [2.45, 2.75) is 51.0 Å². The van der Waals surface area contributed by atoms with Gasteiger partial charge in [0.25, 0.3) is 5.91 Å². The lowest BCUT2D eigenvalue weighted by Crippen LogP contribution is -2.48. The van der Waals surface area contributed by atoms with Crippen LogP contribution in [0.2, 0.25) is 0 Å². The van der Waals surface area contributed by atoms with Crippen LogP contribution in [0.15, 0.2) is 0 Å². The van der Waals surface area contributed by atoms with Gasteiger partial charge in [0.15, 0.2) is 16.4 Å². The van der Waals surface area contributed by atoms with E-state index in [9.17, 15) is 22.8 Å². The van der Waals surface area contributed by atoms with Crippen LogP contribution < -0.4 is 5.32 Å². The van der Waals surface area contributed by atoms with Crippen LogP contribution in [0.1, 0.15) is 45.4 Å². The van der Waals surface area contributed by atoms with Gasteiger partial charge < -0.3 is 10.1 Å². The number of sulfone groups is 1. The van der Waals surface area contributed by atoms with E-state index in [0.717, 1.165) is 19.3 Å². The fraction of sp³-hybridized carbons (Fsp3) is 0.824. The molecule has 8 heteroatoms. The Morgan fingerprint density at radius 3 is 2.44 bits per heavy atom. The number of amides is 1. The first-order valence-electron chi connectivity index (χ1n) is 8.89. The van der Waals surface area contributed by atoms with Crippen LogP contribution in [-0.4, -0.2) is 49.7 Å². The summed E-state index contributed by atoms with van der Waals surface area (Å²) in [5.41, 5.74) is -0.795. The number of esters is 1. The first kappa shape index (κ1) is 18.4. The van der Waals surface area contributed by atoms with Crippen molar-refractivity contribution in [1.29, 1.82) is 0 Å². The summed E-state index contributed by atoms with van der Waals surface area (Å²) in [5.74, 6) is -1.06. The Morgan fingerprint density at radius 2 is 1.88 bits per heavy atom. The first-order chi connectivity index (χ1) is 11.7. The highest BCUT2D eigenvalue weighted by Crippen LogP contribution is 2.40. The zero-order chi connectivity index (χ0) is 18.2.